The van der Waals surface area contributed by atoms with E-state index in [-0.39, 0.29) is 11.7 Å². The largest absolute Gasteiger partial charge is 0.501 e. The highest BCUT2D eigenvalue weighted by atomic mass is 28.4. The van der Waals surface area contributed by atoms with Crippen LogP contribution in [0, 0.1) is 0 Å². The number of hydrogen-bond donors (Lipinski definition) is 0. The summed E-state index contributed by atoms with van der Waals surface area (Å²) in [4.78, 5) is 25.7. The maximum absolute atomic E-state index is 12.2. The highest BCUT2D eigenvalue weighted by Crippen LogP contribution is 2.25. The Morgan fingerprint density at radius 1 is 0.963 bits per heavy atom. The fraction of sp³-hybridized carbons (Fsp3) is 0.600. The molecule has 27 heavy (non-hydrogen) atoms. The Morgan fingerprint density at radius 3 is 1.93 bits per heavy atom. The van der Waals surface area contributed by atoms with Gasteiger partial charge in [-0.25, -0.2) is 0 Å². The average Bonchev–Trinajstić information content (AvgIpc) is 2.61. The Labute approximate surface area is 164 Å². The smallest absolute Gasteiger partial charge is 0.374 e. The van der Waals surface area contributed by atoms with E-state index in [1.807, 2.05) is 39.8 Å². The van der Waals surface area contributed by atoms with Crippen LogP contribution in [-0.4, -0.2) is 46.9 Å². The molecule has 0 aromatic heterocycles. The summed E-state index contributed by atoms with van der Waals surface area (Å²) in [5, 5.41) is 0. The van der Waals surface area contributed by atoms with Crippen LogP contribution >= 0.6 is 0 Å². The number of amides is 1. The highest BCUT2D eigenvalue weighted by Gasteiger charge is 2.40. The molecule has 0 radical (unpaired) electrons. The highest BCUT2D eigenvalue weighted by molar-refractivity contribution is 6.60. The molecule has 7 heteroatoms. The third-order valence-electron chi connectivity index (χ3n) is 4.27. The molecule has 1 rings (SSSR count). The monoisotopic (exact) mass is 395 g/mol. The van der Waals surface area contributed by atoms with Gasteiger partial charge in [0.05, 0.1) is 0 Å². The van der Waals surface area contributed by atoms with Gasteiger partial charge in [0.2, 0.25) is 5.91 Å². The summed E-state index contributed by atoms with van der Waals surface area (Å²) in [7, 11) is -2.77. The molecule has 0 unspecified atom stereocenters. The summed E-state index contributed by atoms with van der Waals surface area (Å²) in [6, 6.07) is 6.21. The third kappa shape index (κ3) is 6.53. The Morgan fingerprint density at radius 2 is 1.52 bits per heavy atom. The number of aryl methyl sites for hydroxylation is 1. The predicted molar refractivity (Wildman–Crippen MR) is 109 cm³/mol. The minimum absolute atomic E-state index is 0.0250. The molecule has 0 fully saturated rings. The van der Waals surface area contributed by atoms with E-state index in [0.717, 1.165) is 11.3 Å². The Balaban J connectivity index is 3.14. The average molecular weight is 396 g/mol. The van der Waals surface area contributed by atoms with E-state index in [2.05, 4.69) is 0 Å². The molecule has 1 aromatic rings. The first-order chi connectivity index (χ1) is 12.8. The number of rotatable bonds is 12. The molecule has 1 amide bonds. The SMILES string of the molecule is CCO[Si](CCc1ccc(N(CC)C(C)=O)cc1C(C)=O)(OCC)OCC. The quantitative estimate of drug-likeness (QED) is 0.397. The second kappa shape index (κ2) is 11.3. The van der Waals surface area contributed by atoms with Crippen LogP contribution in [-0.2, 0) is 24.5 Å². The number of anilines is 1. The van der Waals surface area contributed by atoms with Gasteiger partial charge in [-0.15, -0.1) is 0 Å². The van der Waals surface area contributed by atoms with E-state index in [1.54, 1.807) is 17.9 Å². The van der Waals surface area contributed by atoms with Crippen molar-refractivity contribution in [2.24, 2.45) is 0 Å². The van der Waals surface area contributed by atoms with Crippen molar-refractivity contribution in [3.63, 3.8) is 0 Å². The molecule has 0 aliphatic rings. The molecule has 0 aliphatic carbocycles. The summed E-state index contributed by atoms with van der Waals surface area (Å²) in [5.41, 5.74) is 2.28. The van der Waals surface area contributed by atoms with Gasteiger partial charge in [-0.2, -0.15) is 0 Å². The van der Waals surface area contributed by atoms with E-state index in [0.29, 0.717) is 44.4 Å². The van der Waals surface area contributed by atoms with Gasteiger partial charge in [0.25, 0.3) is 0 Å². The fourth-order valence-corrected chi connectivity index (χ4v) is 5.73. The van der Waals surface area contributed by atoms with Crippen molar-refractivity contribution in [1.29, 1.82) is 0 Å². The van der Waals surface area contributed by atoms with Gasteiger partial charge < -0.3 is 18.2 Å². The topological polar surface area (TPSA) is 65.1 Å². The molecular weight excluding hydrogens is 362 g/mol. The van der Waals surface area contributed by atoms with Gasteiger partial charge in [0, 0.05) is 50.6 Å². The first-order valence-corrected chi connectivity index (χ1v) is 11.6. The number of carbonyl (C=O) groups excluding carboxylic acids is 2. The number of carbonyl (C=O) groups is 2. The van der Waals surface area contributed by atoms with E-state index in [1.165, 1.54) is 6.92 Å². The van der Waals surface area contributed by atoms with Gasteiger partial charge in [0.1, 0.15) is 0 Å². The summed E-state index contributed by atoms with van der Waals surface area (Å²) < 4.78 is 17.7. The van der Waals surface area contributed by atoms with Crippen LogP contribution in [0.4, 0.5) is 5.69 Å². The number of nitrogens with zero attached hydrogens (tertiary/aromatic N) is 1. The lowest BCUT2D eigenvalue weighted by atomic mass is 10.0. The first kappa shape index (κ1) is 23.5. The van der Waals surface area contributed by atoms with Crippen LogP contribution < -0.4 is 4.90 Å². The predicted octanol–water partition coefficient (Wildman–Crippen LogP) is 3.85. The second-order valence-corrected chi connectivity index (χ2v) is 8.88. The number of ketones is 1. The van der Waals surface area contributed by atoms with Crippen molar-refractivity contribution < 1.29 is 22.9 Å². The molecule has 0 spiro atoms. The molecule has 6 nitrogen and oxygen atoms in total. The molecule has 0 atom stereocenters. The standard InChI is InChI=1S/C20H33NO5Si/c1-7-21(17(6)23)19-12-11-18(20(15-19)16(5)22)13-14-27(24-8-2,25-9-3)26-10-4/h11-12,15H,7-10,13-14H2,1-6H3. The summed E-state index contributed by atoms with van der Waals surface area (Å²) in [6.45, 7) is 12.9. The Bertz CT molecular complexity index is 618. The number of hydrogen-bond acceptors (Lipinski definition) is 5. The van der Waals surface area contributed by atoms with Crippen molar-refractivity contribution in [3.05, 3.63) is 29.3 Å². The maximum atomic E-state index is 12.2. The minimum Gasteiger partial charge on any atom is -0.374 e. The van der Waals surface area contributed by atoms with Crippen LogP contribution in [0.2, 0.25) is 6.04 Å². The molecule has 152 valence electrons. The zero-order valence-corrected chi connectivity index (χ0v) is 18.5. The van der Waals surface area contributed by atoms with Crippen LogP contribution in [0.1, 0.15) is 57.5 Å². The number of benzene rings is 1. The minimum atomic E-state index is -2.77. The number of Topliss-reactive ketones (excluding diaryl/α,β-unsaturated/α-hetero) is 1. The van der Waals surface area contributed by atoms with Gasteiger partial charge >= 0.3 is 8.80 Å². The van der Waals surface area contributed by atoms with E-state index >= 15 is 0 Å². The second-order valence-electron chi connectivity index (χ2n) is 6.14. The molecule has 0 N–H and O–H groups in total. The van der Waals surface area contributed by atoms with Gasteiger partial charge in [-0.1, -0.05) is 6.07 Å². The first-order valence-electron chi connectivity index (χ1n) is 9.67. The molecular formula is C20H33NO5Si. The summed E-state index contributed by atoms with van der Waals surface area (Å²) in [6.07, 6.45) is 0.619. The lowest BCUT2D eigenvalue weighted by molar-refractivity contribution is -0.116. The van der Waals surface area contributed by atoms with Crippen molar-refractivity contribution in [1.82, 2.24) is 0 Å². The zero-order chi connectivity index (χ0) is 20.4. The van der Waals surface area contributed by atoms with E-state index in [4.69, 9.17) is 13.3 Å². The van der Waals surface area contributed by atoms with Gasteiger partial charge in [-0.3, -0.25) is 9.59 Å². The molecule has 0 saturated carbocycles. The molecule has 0 heterocycles. The Kier molecular flexibility index (Phi) is 9.86. The van der Waals surface area contributed by atoms with Crippen LogP contribution in [0.3, 0.4) is 0 Å². The molecule has 1 aromatic carbocycles. The lowest BCUT2D eigenvalue weighted by Gasteiger charge is -2.28. The maximum Gasteiger partial charge on any atom is 0.501 e. The van der Waals surface area contributed by atoms with Crippen molar-refractivity contribution in [3.8, 4) is 0 Å². The van der Waals surface area contributed by atoms with Crippen molar-refractivity contribution in [2.75, 3.05) is 31.3 Å². The van der Waals surface area contributed by atoms with Gasteiger partial charge in [0.15, 0.2) is 5.78 Å². The summed E-state index contributed by atoms with van der Waals surface area (Å²) >= 11 is 0. The Hall–Kier alpha value is -1.54. The summed E-state index contributed by atoms with van der Waals surface area (Å²) in [5.74, 6) is -0.0711. The molecule has 0 bridgehead atoms. The van der Waals surface area contributed by atoms with Crippen LogP contribution in [0.5, 0.6) is 0 Å². The van der Waals surface area contributed by atoms with E-state index in [9.17, 15) is 9.59 Å². The van der Waals surface area contributed by atoms with Crippen molar-refractivity contribution in [2.45, 2.75) is 54.0 Å². The fourth-order valence-electron chi connectivity index (χ4n) is 3.15. The van der Waals surface area contributed by atoms with E-state index < -0.39 is 8.80 Å². The van der Waals surface area contributed by atoms with Crippen LogP contribution in [0.25, 0.3) is 0 Å². The normalized spacial score (nSPS) is 11.5. The third-order valence-corrected chi connectivity index (χ3v) is 7.32. The zero-order valence-electron chi connectivity index (χ0n) is 17.5. The molecule has 0 aliphatic heterocycles. The molecule has 0 saturated heterocycles. The van der Waals surface area contributed by atoms with Gasteiger partial charge in [-0.05, 0) is 58.7 Å². The van der Waals surface area contributed by atoms with Crippen LogP contribution in [0.15, 0.2) is 18.2 Å². The lowest BCUT2D eigenvalue weighted by Crippen LogP contribution is -2.46. The van der Waals surface area contributed by atoms with Crippen molar-refractivity contribution >= 4 is 26.2 Å².